The normalized spacial score (nSPS) is 13.9. The lowest BCUT2D eigenvalue weighted by molar-refractivity contribution is -0.139. The van der Waals surface area contributed by atoms with E-state index in [0.717, 1.165) is 24.1 Å². The van der Waals surface area contributed by atoms with Crippen molar-refractivity contribution in [2.24, 2.45) is 0 Å². The maximum absolute atomic E-state index is 12.9. The summed E-state index contributed by atoms with van der Waals surface area (Å²) in [6, 6.07) is 12.1. The molecule has 2 aromatic carbocycles. The number of fused-ring (bicyclic) bond motifs is 1. The van der Waals surface area contributed by atoms with Gasteiger partial charge in [0.05, 0.1) is 6.04 Å². The number of nitrogens with one attached hydrogen (secondary N) is 2. The van der Waals surface area contributed by atoms with Crippen LogP contribution in [0.3, 0.4) is 0 Å². The summed E-state index contributed by atoms with van der Waals surface area (Å²) in [5.74, 6) is -1.73. The van der Waals surface area contributed by atoms with Gasteiger partial charge in [-0.2, -0.15) is 0 Å². The molecule has 1 unspecified atom stereocenters. The van der Waals surface area contributed by atoms with Crippen molar-refractivity contribution in [1.82, 2.24) is 15.5 Å². The molecule has 0 saturated carbocycles. The Balaban J connectivity index is 1.56. The fourth-order valence-corrected chi connectivity index (χ4v) is 3.53. The molecule has 0 aromatic heterocycles. The van der Waals surface area contributed by atoms with Gasteiger partial charge in [0, 0.05) is 32.4 Å². The van der Waals surface area contributed by atoms with E-state index in [4.69, 9.17) is 0 Å². The van der Waals surface area contributed by atoms with Crippen molar-refractivity contribution in [2.75, 3.05) is 39.1 Å². The number of nitrogens with zero attached hydrogens (tertiary/aromatic N) is 2. The third-order valence-corrected chi connectivity index (χ3v) is 5.27. The number of carbonyl (C=O) groups excluding carboxylic acids is 2. The van der Waals surface area contributed by atoms with E-state index >= 15 is 0 Å². The summed E-state index contributed by atoms with van der Waals surface area (Å²) in [5, 5.41) is 5.28. The molecule has 0 saturated heterocycles. The molecule has 2 N–H and O–H groups in total. The molecular formula is C22H27FN4O2. The molecule has 3 rings (SSSR count). The summed E-state index contributed by atoms with van der Waals surface area (Å²) in [6.07, 6.45) is 1.01. The molecular weight excluding hydrogens is 371 g/mol. The van der Waals surface area contributed by atoms with Gasteiger partial charge in [0.25, 0.3) is 0 Å². The Bertz CT molecular complexity index is 883. The molecule has 6 nitrogen and oxygen atoms in total. The van der Waals surface area contributed by atoms with E-state index in [2.05, 4.69) is 40.8 Å². The summed E-state index contributed by atoms with van der Waals surface area (Å²) in [6.45, 7) is 1.50. The minimum absolute atomic E-state index is 0.0416. The van der Waals surface area contributed by atoms with Crippen LogP contribution in [0.4, 0.5) is 10.1 Å². The maximum atomic E-state index is 12.9. The van der Waals surface area contributed by atoms with Gasteiger partial charge in [-0.05, 0) is 55.4 Å². The number of carbonyl (C=O) groups is 2. The monoisotopic (exact) mass is 398 g/mol. The Hall–Kier alpha value is -2.93. The first kappa shape index (κ1) is 20.8. The second-order valence-electron chi connectivity index (χ2n) is 7.56. The van der Waals surface area contributed by atoms with Crippen LogP contribution in [0.25, 0.3) is 0 Å². The van der Waals surface area contributed by atoms with Crippen LogP contribution in [-0.2, 0) is 22.6 Å². The fourth-order valence-electron chi connectivity index (χ4n) is 3.53. The summed E-state index contributed by atoms with van der Waals surface area (Å²) < 4.78 is 12.9. The molecule has 0 fully saturated rings. The molecule has 2 aromatic rings. The predicted molar refractivity (Wildman–Crippen MR) is 111 cm³/mol. The van der Waals surface area contributed by atoms with Crippen LogP contribution in [0.5, 0.6) is 0 Å². The van der Waals surface area contributed by atoms with Crippen LogP contribution >= 0.6 is 0 Å². The van der Waals surface area contributed by atoms with Gasteiger partial charge >= 0.3 is 11.8 Å². The lowest BCUT2D eigenvalue weighted by atomic mass is 10.0. The molecule has 1 atom stereocenters. The van der Waals surface area contributed by atoms with Crippen LogP contribution in [0.2, 0.25) is 0 Å². The fraction of sp³-hybridized carbons (Fsp3) is 0.364. The number of amides is 2. The highest BCUT2D eigenvalue weighted by atomic mass is 19.1. The lowest BCUT2D eigenvalue weighted by Crippen LogP contribution is -2.42. The third kappa shape index (κ3) is 5.12. The van der Waals surface area contributed by atoms with Crippen molar-refractivity contribution in [2.45, 2.75) is 19.0 Å². The second kappa shape index (κ2) is 9.05. The highest BCUT2D eigenvalue weighted by Crippen LogP contribution is 2.30. The van der Waals surface area contributed by atoms with Crippen LogP contribution < -0.4 is 15.5 Å². The number of hydrogen-bond acceptors (Lipinski definition) is 4. The first-order valence-electron chi connectivity index (χ1n) is 9.66. The van der Waals surface area contributed by atoms with E-state index in [1.54, 1.807) is 12.1 Å². The summed E-state index contributed by atoms with van der Waals surface area (Å²) in [7, 11) is 5.98. The summed E-state index contributed by atoms with van der Waals surface area (Å²) >= 11 is 0. The predicted octanol–water partition coefficient (Wildman–Crippen LogP) is 1.85. The molecule has 1 aliphatic heterocycles. The molecule has 7 heteroatoms. The quantitative estimate of drug-likeness (QED) is 0.729. The van der Waals surface area contributed by atoms with Gasteiger partial charge in [-0.15, -0.1) is 0 Å². The average molecular weight is 398 g/mol. The van der Waals surface area contributed by atoms with Crippen molar-refractivity contribution >= 4 is 17.5 Å². The zero-order valence-corrected chi connectivity index (χ0v) is 17.0. The van der Waals surface area contributed by atoms with E-state index in [1.807, 2.05) is 19.0 Å². The van der Waals surface area contributed by atoms with Crippen LogP contribution in [-0.4, -0.2) is 50.9 Å². The summed E-state index contributed by atoms with van der Waals surface area (Å²) in [4.78, 5) is 28.5. The zero-order valence-electron chi connectivity index (χ0n) is 17.0. The first-order valence-corrected chi connectivity index (χ1v) is 9.66. The molecule has 0 radical (unpaired) electrons. The van der Waals surface area contributed by atoms with E-state index < -0.39 is 11.8 Å². The summed E-state index contributed by atoms with van der Waals surface area (Å²) in [5.41, 5.74) is 4.38. The molecule has 29 heavy (non-hydrogen) atoms. The van der Waals surface area contributed by atoms with Gasteiger partial charge in [-0.25, -0.2) is 4.39 Å². The van der Waals surface area contributed by atoms with Gasteiger partial charge in [0.1, 0.15) is 5.82 Å². The van der Waals surface area contributed by atoms with Crippen molar-refractivity contribution < 1.29 is 14.0 Å². The van der Waals surface area contributed by atoms with Crippen molar-refractivity contribution in [1.29, 1.82) is 0 Å². The Labute approximate surface area is 170 Å². The minimum Gasteiger partial charge on any atom is -0.374 e. The minimum atomic E-state index is -0.706. The first-order chi connectivity index (χ1) is 13.8. The lowest BCUT2D eigenvalue weighted by Gasteiger charge is -2.26. The number of hydrogen-bond donors (Lipinski definition) is 2. The van der Waals surface area contributed by atoms with Gasteiger partial charge < -0.3 is 20.4 Å². The topological polar surface area (TPSA) is 64.7 Å². The number of rotatable bonds is 6. The number of halogens is 1. The number of likely N-dealkylation sites (N-methyl/N-ethyl adjacent to an activating group) is 2. The Morgan fingerprint density at radius 3 is 2.48 bits per heavy atom. The van der Waals surface area contributed by atoms with E-state index in [0.29, 0.717) is 6.54 Å². The van der Waals surface area contributed by atoms with Crippen molar-refractivity contribution in [3.05, 3.63) is 65.0 Å². The Morgan fingerprint density at radius 1 is 1.10 bits per heavy atom. The largest absolute Gasteiger partial charge is 0.374 e. The molecule has 2 amide bonds. The maximum Gasteiger partial charge on any atom is 0.309 e. The van der Waals surface area contributed by atoms with Crippen LogP contribution in [0, 0.1) is 5.82 Å². The molecule has 0 bridgehead atoms. The third-order valence-electron chi connectivity index (χ3n) is 5.27. The number of benzene rings is 2. The van der Waals surface area contributed by atoms with Gasteiger partial charge in [0.2, 0.25) is 0 Å². The van der Waals surface area contributed by atoms with Gasteiger partial charge in [-0.1, -0.05) is 24.3 Å². The van der Waals surface area contributed by atoms with E-state index in [1.165, 1.54) is 23.4 Å². The Kier molecular flexibility index (Phi) is 6.49. The van der Waals surface area contributed by atoms with Gasteiger partial charge in [0.15, 0.2) is 0 Å². The standard InChI is InChI=1S/C22H27FN4O2/c1-26(2)20(16-6-9-19-17(12-16)10-11-27(19)3)14-25-22(29)21(28)24-13-15-4-7-18(23)8-5-15/h4-9,12,20H,10-11,13-14H2,1-3H3,(H,24,28)(H,25,29). The molecule has 1 aliphatic rings. The Morgan fingerprint density at radius 2 is 1.79 bits per heavy atom. The number of anilines is 1. The highest BCUT2D eigenvalue weighted by Gasteiger charge is 2.22. The van der Waals surface area contributed by atoms with Crippen LogP contribution in [0.1, 0.15) is 22.7 Å². The SMILES string of the molecule is CN1CCc2cc(C(CNC(=O)C(=O)NCc3ccc(F)cc3)N(C)C)ccc21. The van der Waals surface area contributed by atoms with E-state index in [-0.39, 0.29) is 18.4 Å². The zero-order chi connectivity index (χ0) is 21.0. The smallest absolute Gasteiger partial charge is 0.309 e. The van der Waals surface area contributed by atoms with Crippen molar-refractivity contribution in [3.8, 4) is 0 Å². The second-order valence-corrected chi connectivity index (χ2v) is 7.56. The van der Waals surface area contributed by atoms with Crippen LogP contribution in [0.15, 0.2) is 42.5 Å². The van der Waals surface area contributed by atoms with Crippen molar-refractivity contribution in [3.63, 3.8) is 0 Å². The average Bonchev–Trinajstić information content (AvgIpc) is 3.07. The molecule has 1 heterocycles. The van der Waals surface area contributed by atoms with E-state index in [9.17, 15) is 14.0 Å². The van der Waals surface area contributed by atoms with Gasteiger partial charge in [-0.3, -0.25) is 9.59 Å². The molecule has 154 valence electrons. The highest BCUT2D eigenvalue weighted by molar-refractivity contribution is 6.35. The molecule has 0 aliphatic carbocycles. The molecule has 0 spiro atoms.